The fraction of sp³-hybridized carbons (Fsp3) is 0.857. The lowest BCUT2D eigenvalue weighted by Gasteiger charge is -2.38. The average Bonchev–Trinajstić information content (AvgIpc) is 2.22. The maximum Gasteiger partial charge on any atom is 0.306 e. The smallest absolute Gasteiger partial charge is 0.306 e. The molecule has 118 valence electrons. The molecule has 2 unspecified atom stereocenters. The molecular weight excluding hydrogens is 288 g/mol. The summed E-state index contributed by atoms with van der Waals surface area (Å²) in [5.74, 6) is -0.459. The summed E-state index contributed by atoms with van der Waals surface area (Å²) in [6.45, 7) is 17.0. The Morgan fingerprint density at radius 3 is 1.15 bits per heavy atom. The topological polar surface area (TPSA) is 52.6 Å². The highest BCUT2D eigenvalue weighted by Gasteiger charge is 2.50. The van der Waals surface area contributed by atoms with Crippen LogP contribution in [0.15, 0.2) is 0 Å². The lowest BCUT2D eigenvalue weighted by Crippen LogP contribution is -2.48. The van der Waals surface area contributed by atoms with Crippen LogP contribution in [0.2, 0.25) is 50.4 Å². The van der Waals surface area contributed by atoms with Crippen LogP contribution >= 0.6 is 0 Å². The molecule has 0 spiro atoms. The van der Waals surface area contributed by atoms with Crippen molar-refractivity contribution in [3.63, 3.8) is 0 Å². The summed E-state index contributed by atoms with van der Waals surface area (Å²) >= 11 is 0. The van der Waals surface area contributed by atoms with Gasteiger partial charge in [0.05, 0.1) is 40.4 Å². The maximum absolute atomic E-state index is 12.4. The molecule has 20 heavy (non-hydrogen) atoms. The second-order valence-electron chi connectivity index (χ2n) is 7.19. The Hall–Kier alpha value is -0.626. The zero-order valence-corrected chi connectivity index (χ0v) is 16.2. The Morgan fingerprint density at radius 2 is 1.00 bits per heavy atom. The van der Waals surface area contributed by atoms with Gasteiger partial charge in [-0.1, -0.05) is 39.3 Å². The van der Waals surface area contributed by atoms with Crippen LogP contribution in [0.5, 0.6) is 0 Å². The predicted molar refractivity (Wildman–Crippen MR) is 87.5 cm³/mol. The molecule has 0 saturated heterocycles. The molecule has 0 saturated carbocycles. The largest absolute Gasteiger partial charge is 0.466 e. The summed E-state index contributed by atoms with van der Waals surface area (Å²) in [5.41, 5.74) is -0.652. The molecule has 0 N–H and O–H groups in total. The first-order chi connectivity index (χ1) is 8.96. The molecule has 4 nitrogen and oxygen atoms in total. The van der Waals surface area contributed by atoms with Gasteiger partial charge in [0.15, 0.2) is 0 Å². The minimum Gasteiger partial charge on any atom is -0.466 e. The molecule has 0 fully saturated rings. The van der Waals surface area contributed by atoms with Gasteiger partial charge >= 0.3 is 11.9 Å². The van der Waals surface area contributed by atoms with Crippen molar-refractivity contribution in [1.82, 2.24) is 0 Å². The molecular formula is C14H30O4Si2. The SMILES string of the molecule is CCOC(=O)C(C(C(=O)OCC)[Si](C)(C)C)[Si](C)(C)C. The number of carbonyl (C=O) groups is 2. The fourth-order valence-electron chi connectivity index (χ4n) is 2.44. The van der Waals surface area contributed by atoms with Gasteiger partial charge < -0.3 is 9.47 Å². The van der Waals surface area contributed by atoms with E-state index in [1.54, 1.807) is 13.8 Å². The fourth-order valence-corrected chi connectivity index (χ4v) is 9.30. The highest BCUT2D eigenvalue weighted by atomic mass is 28.3. The molecule has 0 aromatic rings. The number of hydrogen-bond donors (Lipinski definition) is 0. The monoisotopic (exact) mass is 318 g/mol. The van der Waals surface area contributed by atoms with Crippen LogP contribution in [0.1, 0.15) is 13.8 Å². The minimum absolute atomic E-state index is 0.229. The van der Waals surface area contributed by atoms with Gasteiger partial charge in [0, 0.05) is 0 Å². The van der Waals surface area contributed by atoms with Crippen molar-refractivity contribution in [2.45, 2.75) is 64.2 Å². The highest BCUT2D eigenvalue weighted by Crippen LogP contribution is 2.42. The van der Waals surface area contributed by atoms with Crippen LogP contribution < -0.4 is 0 Å². The van der Waals surface area contributed by atoms with E-state index < -0.39 is 16.1 Å². The zero-order chi connectivity index (χ0) is 16.1. The molecule has 0 amide bonds. The second-order valence-corrected chi connectivity index (χ2v) is 17.9. The predicted octanol–water partition coefficient (Wildman–Crippen LogP) is 3.53. The van der Waals surface area contributed by atoms with Gasteiger partial charge in [-0.2, -0.15) is 0 Å². The van der Waals surface area contributed by atoms with Gasteiger partial charge in [0.25, 0.3) is 0 Å². The van der Waals surface area contributed by atoms with Gasteiger partial charge in [-0.05, 0) is 13.8 Å². The Balaban J connectivity index is 5.65. The summed E-state index contributed by atoms with van der Waals surface area (Å²) in [6, 6.07) is 0. The third-order valence-electron chi connectivity index (χ3n) is 3.28. The quantitative estimate of drug-likeness (QED) is 0.532. The molecule has 6 heteroatoms. The Labute approximate surface area is 125 Å². The number of carbonyl (C=O) groups excluding carboxylic acids is 2. The van der Waals surface area contributed by atoms with Crippen molar-refractivity contribution in [2.75, 3.05) is 13.2 Å². The maximum atomic E-state index is 12.4. The van der Waals surface area contributed by atoms with Gasteiger partial charge in [-0.3, -0.25) is 9.59 Å². The Kier molecular flexibility index (Phi) is 7.17. The number of ether oxygens (including phenoxy) is 2. The first kappa shape index (κ1) is 19.4. The average molecular weight is 319 g/mol. The van der Waals surface area contributed by atoms with E-state index in [-0.39, 0.29) is 23.0 Å². The molecule has 0 aliphatic carbocycles. The van der Waals surface area contributed by atoms with Crippen molar-refractivity contribution >= 4 is 28.1 Å². The first-order valence-corrected chi connectivity index (χ1v) is 14.5. The van der Waals surface area contributed by atoms with Gasteiger partial charge in [-0.25, -0.2) is 0 Å². The van der Waals surface area contributed by atoms with E-state index in [9.17, 15) is 9.59 Å². The molecule has 0 aliphatic rings. The van der Waals surface area contributed by atoms with E-state index in [1.165, 1.54) is 0 Å². The van der Waals surface area contributed by atoms with Crippen LogP contribution in [0.4, 0.5) is 0 Å². The summed E-state index contributed by atoms with van der Waals surface area (Å²) in [4.78, 5) is 24.8. The lowest BCUT2D eigenvalue weighted by atomic mass is 10.3. The number of hydrogen-bond acceptors (Lipinski definition) is 4. The molecule has 0 aromatic heterocycles. The molecule has 0 aromatic carbocycles. The van der Waals surface area contributed by atoms with Crippen molar-refractivity contribution in [3.8, 4) is 0 Å². The van der Waals surface area contributed by atoms with Crippen LogP contribution in [0.3, 0.4) is 0 Å². The summed E-state index contributed by atoms with van der Waals surface area (Å²) in [6.07, 6.45) is 0. The zero-order valence-electron chi connectivity index (χ0n) is 14.2. The summed E-state index contributed by atoms with van der Waals surface area (Å²) in [5, 5.41) is 0. The van der Waals surface area contributed by atoms with E-state index in [0.29, 0.717) is 13.2 Å². The Bertz CT molecular complexity index is 308. The summed E-state index contributed by atoms with van der Waals surface area (Å²) < 4.78 is 10.5. The summed E-state index contributed by atoms with van der Waals surface area (Å²) in [7, 11) is -3.78. The van der Waals surface area contributed by atoms with Crippen LogP contribution in [0, 0.1) is 0 Å². The number of esters is 2. The van der Waals surface area contributed by atoms with E-state index in [2.05, 4.69) is 39.3 Å². The van der Waals surface area contributed by atoms with Crippen molar-refractivity contribution < 1.29 is 19.1 Å². The second kappa shape index (κ2) is 7.40. The standard InChI is InChI=1S/C14H30O4Si2/c1-9-17-13(15)11(19(3,4)5)12(20(6,7)8)14(16)18-10-2/h11-12H,9-10H2,1-8H3. The molecule has 2 atom stereocenters. The molecule has 0 rings (SSSR count). The van der Waals surface area contributed by atoms with Gasteiger partial charge in [0.1, 0.15) is 0 Å². The third-order valence-corrected chi connectivity index (χ3v) is 8.48. The highest BCUT2D eigenvalue weighted by molar-refractivity contribution is 6.87. The number of rotatable bonds is 7. The molecule has 0 aliphatic heterocycles. The van der Waals surface area contributed by atoms with Gasteiger partial charge in [0.2, 0.25) is 0 Å². The van der Waals surface area contributed by atoms with Crippen molar-refractivity contribution in [3.05, 3.63) is 0 Å². The van der Waals surface area contributed by atoms with E-state index in [1.807, 2.05) is 0 Å². The molecule has 0 radical (unpaired) electrons. The van der Waals surface area contributed by atoms with Gasteiger partial charge in [-0.15, -0.1) is 0 Å². The third kappa shape index (κ3) is 5.40. The normalized spacial score (nSPS) is 15.4. The van der Waals surface area contributed by atoms with Crippen molar-refractivity contribution in [1.29, 1.82) is 0 Å². The van der Waals surface area contributed by atoms with Crippen LogP contribution in [-0.4, -0.2) is 41.3 Å². The van der Waals surface area contributed by atoms with Crippen LogP contribution in [-0.2, 0) is 19.1 Å². The first-order valence-electron chi connectivity index (χ1n) is 7.30. The van der Waals surface area contributed by atoms with Crippen LogP contribution in [0.25, 0.3) is 0 Å². The van der Waals surface area contributed by atoms with Crippen molar-refractivity contribution in [2.24, 2.45) is 0 Å². The Morgan fingerprint density at radius 1 is 0.750 bits per heavy atom. The molecule has 0 bridgehead atoms. The van der Waals surface area contributed by atoms with E-state index in [4.69, 9.17) is 9.47 Å². The minimum atomic E-state index is -1.89. The lowest BCUT2D eigenvalue weighted by molar-refractivity contribution is -0.150. The van der Waals surface area contributed by atoms with E-state index in [0.717, 1.165) is 0 Å². The van der Waals surface area contributed by atoms with E-state index >= 15 is 0 Å². The molecule has 0 heterocycles.